The summed E-state index contributed by atoms with van der Waals surface area (Å²) in [5, 5.41) is 5.99. The Morgan fingerprint density at radius 1 is 1.33 bits per heavy atom. The molecule has 1 aromatic carbocycles. The minimum Gasteiger partial charge on any atom is -0.383 e. The van der Waals surface area contributed by atoms with Gasteiger partial charge in [-0.1, -0.05) is 12.1 Å². The van der Waals surface area contributed by atoms with Gasteiger partial charge in [-0.2, -0.15) is 0 Å². The van der Waals surface area contributed by atoms with Gasteiger partial charge in [-0.05, 0) is 37.1 Å². The molecule has 0 spiro atoms. The zero-order chi connectivity index (χ0) is 16.7. The summed E-state index contributed by atoms with van der Waals surface area (Å²) in [6, 6.07) is 6.36. The fourth-order valence-corrected chi connectivity index (χ4v) is 3.38. The van der Waals surface area contributed by atoms with E-state index < -0.39 is 10.0 Å². The molecule has 9 heteroatoms. The lowest BCUT2D eigenvalue weighted by Gasteiger charge is -2.11. The van der Waals surface area contributed by atoms with Crippen molar-refractivity contribution in [2.45, 2.75) is 30.3 Å². The van der Waals surface area contributed by atoms with Crippen LogP contribution in [0.15, 0.2) is 29.2 Å². The van der Waals surface area contributed by atoms with Crippen molar-refractivity contribution < 1.29 is 17.9 Å². The minimum absolute atomic E-state index is 0. The number of hydrogen-bond donors (Lipinski definition) is 3. The van der Waals surface area contributed by atoms with E-state index in [0.717, 1.165) is 24.9 Å². The number of carbonyl (C=O) groups excluding carboxylic acids is 1. The third-order valence-electron chi connectivity index (χ3n) is 3.68. The first-order chi connectivity index (χ1) is 11.0. The van der Waals surface area contributed by atoms with Gasteiger partial charge in [0, 0.05) is 20.2 Å². The number of hydrogen-bond acceptors (Lipinski definition) is 5. The van der Waals surface area contributed by atoms with Crippen LogP contribution in [0.3, 0.4) is 0 Å². The second-order valence-electron chi connectivity index (χ2n) is 5.40. The van der Waals surface area contributed by atoms with Crippen molar-refractivity contribution in [1.82, 2.24) is 15.4 Å². The van der Waals surface area contributed by atoms with Crippen LogP contribution < -0.4 is 15.4 Å². The van der Waals surface area contributed by atoms with E-state index in [9.17, 15) is 13.2 Å². The highest BCUT2D eigenvalue weighted by atomic mass is 35.5. The molecular weight excluding hydrogens is 354 g/mol. The van der Waals surface area contributed by atoms with Gasteiger partial charge in [-0.25, -0.2) is 13.1 Å². The van der Waals surface area contributed by atoms with E-state index >= 15 is 0 Å². The summed E-state index contributed by atoms with van der Waals surface area (Å²) >= 11 is 0. The third-order valence-corrected chi connectivity index (χ3v) is 5.15. The lowest BCUT2D eigenvalue weighted by atomic mass is 10.2. The van der Waals surface area contributed by atoms with Gasteiger partial charge in [-0.15, -0.1) is 12.4 Å². The number of nitrogens with one attached hydrogen (secondary N) is 3. The molecular formula is C15H24ClN3O4S. The van der Waals surface area contributed by atoms with Crippen LogP contribution in [0.2, 0.25) is 0 Å². The average Bonchev–Trinajstić information content (AvgIpc) is 3.08. The number of methoxy groups -OCH3 is 1. The molecule has 1 aliphatic rings. The van der Waals surface area contributed by atoms with Gasteiger partial charge in [0.1, 0.15) is 0 Å². The van der Waals surface area contributed by atoms with Crippen LogP contribution in [-0.2, 0) is 26.1 Å². The Morgan fingerprint density at radius 2 is 2.04 bits per heavy atom. The summed E-state index contributed by atoms with van der Waals surface area (Å²) in [5.74, 6) is -0.0135. The van der Waals surface area contributed by atoms with Crippen molar-refractivity contribution >= 4 is 28.3 Å². The van der Waals surface area contributed by atoms with Gasteiger partial charge >= 0.3 is 0 Å². The number of ether oxygens (including phenoxy) is 1. The second kappa shape index (κ2) is 9.95. The molecule has 7 nitrogen and oxygen atoms in total. The molecule has 2 rings (SSSR count). The Morgan fingerprint density at radius 3 is 2.62 bits per heavy atom. The van der Waals surface area contributed by atoms with E-state index in [1.54, 1.807) is 12.1 Å². The minimum atomic E-state index is -3.52. The monoisotopic (exact) mass is 377 g/mol. The van der Waals surface area contributed by atoms with Crippen LogP contribution in [0.5, 0.6) is 0 Å². The van der Waals surface area contributed by atoms with Gasteiger partial charge in [0.05, 0.1) is 17.5 Å². The van der Waals surface area contributed by atoms with Gasteiger partial charge in [0.2, 0.25) is 15.9 Å². The summed E-state index contributed by atoms with van der Waals surface area (Å²) in [7, 11) is -2.01. The molecule has 0 aromatic heterocycles. The predicted octanol–water partition coefficient (Wildman–Crippen LogP) is 0.401. The third kappa shape index (κ3) is 6.03. The Hall–Kier alpha value is -1.19. The molecule has 1 heterocycles. The maximum absolute atomic E-state index is 12.0. The number of benzene rings is 1. The quantitative estimate of drug-likeness (QED) is 0.570. The lowest BCUT2D eigenvalue weighted by molar-refractivity contribution is -0.122. The number of amides is 1. The van der Waals surface area contributed by atoms with E-state index in [4.69, 9.17) is 4.74 Å². The largest absolute Gasteiger partial charge is 0.383 e. The molecule has 1 amide bonds. The highest BCUT2D eigenvalue weighted by molar-refractivity contribution is 7.89. The Bertz CT molecular complexity index is 616. The van der Waals surface area contributed by atoms with Gasteiger partial charge in [0.15, 0.2) is 0 Å². The molecule has 1 atom stereocenters. The molecule has 3 N–H and O–H groups in total. The first-order valence-electron chi connectivity index (χ1n) is 7.61. The summed E-state index contributed by atoms with van der Waals surface area (Å²) in [5.41, 5.74) is 0.854. The number of rotatable bonds is 8. The fraction of sp³-hybridized carbons (Fsp3) is 0.533. The molecule has 1 aromatic rings. The summed E-state index contributed by atoms with van der Waals surface area (Å²) < 4.78 is 31.3. The van der Waals surface area contributed by atoms with Crippen LogP contribution in [0.1, 0.15) is 18.4 Å². The normalized spacial score (nSPS) is 17.3. The zero-order valence-corrected chi connectivity index (χ0v) is 15.2. The predicted molar refractivity (Wildman–Crippen MR) is 93.6 cm³/mol. The van der Waals surface area contributed by atoms with Crippen LogP contribution in [-0.4, -0.2) is 47.2 Å². The number of halogens is 1. The summed E-state index contributed by atoms with van der Waals surface area (Å²) in [6.07, 6.45) is 1.87. The Balaban J connectivity index is 0.00000288. The van der Waals surface area contributed by atoms with E-state index in [-0.39, 0.29) is 35.8 Å². The SMILES string of the molecule is COCCNS(=O)(=O)c1ccc(CNC(=O)C2CCCN2)cc1.Cl. The second-order valence-corrected chi connectivity index (χ2v) is 7.17. The first kappa shape index (κ1) is 20.9. The van der Waals surface area contributed by atoms with E-state index in [1.807, 2.05) is 0 Å². The summed E-state index contributed by atoms with van der Waals surface area (Å²) in [6.45, 7) is 1.80. The first-order valence-corrected chi connectivity index (χ1v) is 9.10. The van der Waals surface area contributed by atoms with E-state index in [0.29, 0.717) is 13.2 Å². The summed E-state index contributed by atoms with van der Waals surface area (Å²) in [4.78, 5) is 12.1. The topological polar surface area (TPSA) is 96.5 Å². The molecule has 0 saturated carbocycles. The maximum Gasteiger partial charge on any atom is 0.240 e. The smallest absolute Gasteiger partial charge is 0.240 e. The van der Waals surface area contributed by atoms with Crippen LogP contribution in [0, 0.1) is 0 Å². The maximum atomic E-state index is 12.0. The highest BCUT2D eigenvalue weighted by Gasteiger charge is 2.21. The molecule has 1 aliphatic heterocycles. The number of carbonyl (C=O) groups is 1. The standard InChI is InChI=1S/C15H23N3O4S.ClH/c1-22-10-9-18-23(20,21)13-6-4-12(5-7-13)11-17-15(19)14-3-2-8-16-14;/h4-7,14,16,18H,2-3,8-11H2,1H3,(H,17,19);1H. The van der Waals surface area contributed by atoms with Crippen LogP contribution in [0.25, 0.3) is 0 Å². The average molecular weight is 378 g/mol. The molecule has 1 saturated heterocycles. The van der Waals surface area contributed by atoms with Crippen molar-refractivity contribution in [3.8, 4) is 0 Å². The van der Waals surface area contributed by atoms with Crippen molar-refractivity contribution in [2.75, 3.05) is 26.8 Å². The van der Waals surface area contributed by atoms with Crippen molar-refractivity contribution in [3.63, 3.8) is 0 Å². The Kier molecular flexibility index (Phi) is 8.65. The molecule has 0 aliphatic carbocycles. The highest BCUT2D eigenvalue weighted by Crippen LogP contribution is 2.11. The van der Waals surface area contributed by atoms with E-state index in [1.165, 1.54) is 19.2 Å². The van der Waals surface area contributed by atoms with Gasteiger partial charge in [-0.3, -0.25) is 4.79 Å². The van der Waals surface area contributed by atoms with Crippen molar-refractivity contribution in [2.24, 2.45) is 0 Å². The molecule has 1 unspecified atom stereocenters. The molecule has 0 radical (unpaired) electrons. The molecule has 0 bridgehead atoms. The molecule has 136 valence electrons. The van der Waals surface area contributed by atoms with Gasteiger partial charge in [0.25, 0.3) is 0 Å². The van der Waals surface area contributed by atoms with Gasteiger partial charge < -0.3 is 15.4 Å². The van der Waals surface area contributed by atoms with Crippen molar-refractivity contribution in [1.29, 1.82) is 0 Å². The molecule has 24 heavy (non-hydrogen) atoms. The molecule has 1 fully saturated rings. The van der Waals surface area contributed by atoms with Crippen LogP contribution >= 0.6 is 12.4 Å². The van der Waals surface area contributed by atoms with E-state index in [2.05, 4.69) is 15.4 Å². The fourth-order valence-electron chi connectivity index (χ4n) is 2.37. The zero-order valence-electron chi connectivity index (χ0n) is 13.6. The van der Waals surface area contributed by atoms with Crippen LogP contribution in [0.4, 0.5) is 0 Å². The lowest BCUT2D eigenvalue weighted by Crippen LogP contribution is -2.40. The van der Waals surface area contributed by atoms with Crippen molar-refractivity contribution in [3.05, 3.63) is 29.8 Å². The number of sulfonamides is 1. The Labute approximate surface area is 149 Å².